The molecule has 258 valence electrons. The lowest BCUT2D eigenvalue weighted by Crippen LogP contribution is -2.21. The molecule has 0 fully saturated rings. The van der Waals surface area contributed by atoms with Gasteiger partial charge in [0.05, 0.1) is 14.2 Å². The van der Waals surface area contributed by atoms with Crippen LogP contribution in [0.5, 0.6) is 11.5 Å². The summed E-state index contributed by atoms with van der Waals surface area (Å²) >= 11 is 0. The molecule has 7 nitrogen and oxygen atoms in total. The number of hydrogen-bond donors (Lipinski definition) is 0. The summed E-state index contributed by atoms with van der Waals surface area (Å²) in [6.07, 6.45) is 1.83. The summed E-state index contributed by atoms with van der Waals surface area (Å²) in [5.74, 6) is 1.02. The van der Waals surface area contributed by atoms with Gasteiger partial charge in [0.2, 0.25) is 0 Å². The van der Waals surface area contributed by atoms with E-state index in [0.717, 1.165) is 44.9 Å². The molecule has 0 aliphatic rings. The van der Waals surface area contributed by atoms with Crippen LogP contribution in [0.25, 0.3) is 0 Å². The third-order valence-electron chi connectivity index (χ3n) is 7.98. The van der Waals surface area contributed by atoms with Crippen LogP contribution in [-0.4, -0.2) is 38.9 Å². The van der Waals surface area contributed by atoms with Gasteiger partial charge in [0.15, 0.2) is 0 Å². The summed E-state index contributed by atoms with van der Waals surface area (Å²) in [5, 5.41) is 0. The molecule has 0 spiro atoms. The van der Waals surface area contributed by atoms with E-state index in [0.29, 0.717) is 25.7 Å². The lowest BCUT2D eigenvalue weighted by atomic mass is 9.78. The number of rotatable bonds is 12. The second-order valence-corrected chi connectivity index (χ2v) is 18.0. The predicted octanol–water partition coefficient (Wildman–Crippen LogP) is 9.02. The average molecular weight is 659 g/mol. The van der Waals surface area contributed by atoms with Crippen LogP contribution in [0.4, 0.5) is 0 Å². The van der Waals surface area contributed by atoms with Crippen LogP contribution in [0, 0.1) is 0 Å². The van der Waals surface area contributed by atoms with Crippen LogP contribution in [0.1, 0.15) is 129 Å². The van der Waals surface area contributed by atoms with Crippen LogP contribution in [-0.2, 0) is 58.1 Å². The summed E-state index contributed by atoms with van der Waals surface area (Å²) in [6, 6.07) is 8.42. The van der Waals surface area contributed by atoms with Gasteiger partial charge in [-0.15, -0.1) is 0 Å². The average Bonchev–Trinajstić information content (AvgIpc) is 2.93. The number of methoxy groups -OCH3 is 2. The quantitative estimate of drug-likeness (QED) is 0.166. The van der Waals surface area contributed by atoms with Gasteiger partial charge in [-0.3, -0.25) is 9.59 Å². The van der Waals surface area contributed by atoms with E-state index < -0.39 is 7.80 Å². The highest BCUT2D eigenvalue weighted by Crippen LogP contribution is 2.44. The molecule has 0 aliphatic heterocycles. The molecule has 0 N–H and O–H groups in total. The van der Waals surface area contributed by atoms with Gasteiger partial charge in [-0.05, 0) is 45.6 Å². The maximum Gasteiger partial charge on any atom is 0.305 e. The van der Waals surface area contributed by atoms with E-state index >= 15 is 0 Å². The van der Waals surface area contributed by atoms with Gasteiger partial charge in [-0.2, -0.15) is 0 Å². The Labute approximate surface area is 278 Å². The maximum atomic E-state index is 13.6. The Hall–Kier alpha value is -2.79. The zero-order chi connectivity index (χ0) is 35.3. The largest absolute Gasteiger partial charge is 0.485 e. The van der Waals surface area contributed by atoms with Crippen molar-refractivity contribution < 1.29 is 33.1 Å². The van der Waals surface area contributed by atoms with E-state index in [9.17, 15) is 14.2 Å². The maximum absolute atomic E-state index is 13.6. The number of benzene rings is 2. The molecule has 0 aromatic heterocycles. The van der Waals surface area contributed by atoms with Crippen molar-refractivity contribution in [2.24, 2.45) is 0 Å². The van der Waals surface area contributed by atoms with Crippen molar-refractivity contribution in [1.29, 1.82) is 0 Å². The fourth-order valence-corrected chi connectivity index (χ4v) is 5.94. The number of hydrogen-bond acceptors (Lipinski definition) is 7. The Bertz CT molecular complexity index is 1220. The summed E-state index contributed by atoms with van der Waals surface area (Å²) in [5.41, 5.74) is 5.16. The van der Waals surface area contributed by atoms with Crippen LogP contribution in [0.2, 0.25) is 0 Å². The molecule has 0 amide bonds. The third-order valence-corrected chi connectivity index (χ3v) is 8.91. The van der Waals surface area contributed by atoms with Gasteiger partial charge in [-0.25, -0.2) is 0 Å². The summed E-state index contributed by atoms with van der Waals surface area (Å²) in [6.45, 7) is 25.6. The molecule has 0 heterocycles. The summed E-state index contributed by atoms with van der Waals surface area (Å²) in [4.78, 5) is 23.8. The number of ether oxygens (including phenoxy) is 4. The molecular formula is C38H59O7P. The molecule has 2 aromatic rings. The predicted molar refractivity (Wildman–Crippen MR) is 188 cm³/mol. The lowest BCUT2D eigenvalue weighted by molar-refractivity contribution is -0.141. The normalized spacial score (nSPS) is 12.7. The van der Waals surface area contributed by atoms with E-state index in [2.05, 4.69) is 107 Å². The number of aryl methyl sites for hydroxylation is 2. The van der Waals surface area contributed by atoms with Crippen molar-refractivity contribution in [2.75, 3.05) is 26.9 Å². The molecule has 0 saturated heterocycles. The minimum absolute atomic E-state index is 0.0469. The second kappa shape index (κ2) is 15.4. The number of carbonyl (C=O) groups is 2. The Balaban J connectivity index is 2.43. The second-order valence-electron chi connectivity index (χ2n) is 16.3. The van der Waals surface area contributed by atoms with Crippen molar-refractivity contribution in [2.45, 2.75) is 130 Å². The molecule has 8 heteroatoms. The van der Waals surface area contributed by atoms with Gasteiger partial charge in [0.25, 0.3) is 0 Å². The SMILES string of the molecule is COC(=O)CCc1cc(C(C)(C)C)c(OC[PH](=O)COc2c(C(C)(C)C)cc(CCC(=O)OC)cc2C(C)(C)C)c(C(C)(C)C)c1. The molecule has 0 unspecified atom stereocenters. The Morgan fingerprint density at radius 2 is 0.804 bits per heavy atom. The Kier molecular flexibility index (Phi) is 13.2. The molecule has 2 rings (SSSR count). The van der Waals surface area contributed by atoms with Crippen LogP contribution >= 0.6 is 7.80 Å². The van der Waals surface area contributed by atoms with E-state index in [1.54, 1.807) is 0 Å². The standard InChI is InChI=1S/C38H59O7P/c1-35(2,3)27-19-25(15-17-31(39)42-13)20-28(36(4,5)6)33(27)44-23-46(41)24-45-34-29(37(7,8)9)21-26(16-18-32(40)43-14)22-30(34)38(10,11)12/h19-22,46H,15-18,23-24H2,1-14H3. The Morgan fingerprint density at radius 1 is 0.543 bits per heavy atom. The molecule has 0 radical (unpaired) electrons. The highest BCUT2D eigenvalue weighted by molar-refractivity contribution is 7.44. The highest BCUT2D eigenvalue weighted by atomic mass is 31.1. The third kappa shape index (κ3) is 11.2. The van der Waals surface area contributed by atoms with Crippen molar-refractivity contribution in [3.8, 4) is 11.5 Å². The van der Waals surface area contributed by atoms with E-state index in [-0.39, 0.29) is 46.3 Å². The molecular weight excluding hydrogens is 599 g/mol. The van der Waals surface area contributed by atoms with Crippen molar-refractivity contribution >= 4 is 19.7 Å². The van der Waals surface area contributed by atoms with Gasteiger partial charge >= 0.3 is 11.9 Å². The topological polar surface area (TPSA) is 88.1 Å². The fraction of sp³-hybridized carbons (Fsp3) is 0.632. The minimum Gasteiger partial charge on any atom is -0.485 e. The summed E-state index contributed by atoms with van der Waals surface area (Å²) in [7, 11) is 0.495. The Morgan fingerprint density at radius 3 is 1.02 bits per heavy atom. The van der Waals surface area contributed by atoms with Gasteiger partial charge in [0.1, 0.15) is 32.0 Å². The van der Waals surface area contributed by atoms with E-state index in [4.69, 9.17) is 18.9 Å². The number of esters is 2. The zero-order valence-electron chi connectivity index (χ0n) is 30.9. The van der Waals surface area contributed by atoms with Gasteiger partial charge in [0, 0.05) is 35.1 Å². The van der Waals surface area contributed by atoms with Gasteiger partial charge < -0.3 is 23.5 Å². The fourth-order valence-electron chi connectivity index (χ4n) is 5.25. The lowest BCUT2D eigenvalue weighted by Gasteiger charge is -2.31. The molecule has 0 aliphatic carbocycles. The molecule has 0 saturated carbocycles. The molecule has 46 heavy (non-hydrogen) atoms. The van der Waals surface area contributed by atoms with Crippen LogP contribution < -0.4 is 9.47 Å². The highest BCUT2D eigenvalue weighted by Gasteiger charge is 2.30. The first-order valence-electron chi connectivity index (χ1n) is 16.3. The first-order valence-corrected chi connectivity index (χ1v) is 18.1. The molecule has 2 aromatic carbocycles. The van der Waals surface area contributed by atoms with Gasteiger partial charge in [-0.1, -0.05) is 107 Å². The van der Waals surface area contributed by atoms with Crippen molar-refractivity contribution in [1.82, 2.24) is 0 Å². The summed E-state index contributed by atoms with van der Waals surface area (Å²) < 4.78 is 36.3. The zero-order valence-corrected chi connectivity index (χ0v) is 31.9. The first-order chi connectivity index (χ1) is 21.0. The van der Waals surface area contributed by atoms with E-state index in [1.165, 1.54) is 14.2 Å². The van der Waals surface area contributed by atoms with Crippen molar-refractivity contribution in [3.05, 3.63) is 57.6 Å². The molecule has 0 bridgehead atoms. The molecule has 0 atom stereocenters. The van der Waals surface area contributed by atoms with Crippen LogP contribution in [0.15, 0.2) is 24.3 Å². The minimum atomic E-state index is -2.32. The monoisotopic (exact) mass is 658 g/mol. The van der Waals surface area contributed by atoms with Crippen molar-refractivity contribution in [3.63, 3.8) is 0 Å². The number of carbonyl (C=O) groups excluding carboxylic acids is 2. The first kappa shape index (κ1) is 39.4. The smallest absolute Gasteiger partial charge is 0.305 e. The van der Waals surface area contributed by atoms with Crippen LogP contribution in [0.3, 0.4) is 0 Å². The van der Waals surface area contributed by atoms with E-state index in [1.807, 2.05) is 0 Å².